The number of hydrogen-bond acceptors (Lipinski definition) is 2. The minimum Gasteiger partial charge on any atom is -0.298 e. The van der Waals surface area contributed by atoms with Crippen molar-refractivity contribution in [3.8, 4) is 11.1 Å². The Morgan fingerprint density at radius 2 is 1.93 bits per heavy atom. The Labute approximate surface area is 86.4 Å². The summed E-state index contributed by atoms with van der Waals surface area (Å²) >= 11 is 0. The number of pyridine rings is 1. The van der Waals surface area contributed by atoms with Gasteiger partial charge in [0, 0.05) is 17.8 Å². The first-order valence-electron chi connectivity index (χ1n) is 4.47. The van der Waals surface area contributed by atoms with Crippen molar-refractivity contribution in [2.24, 2.45) is 0 Å². The maximum Gasteiger partial charge on any atom is 0.213 e. The summed E-state index contributed by atoms with van der Waals surface area (Å²) in [6.07, 6.45) is 2.17. The van der Waals surface area contributed by atoms with Crippen molar-refractivity contribution in [2.45, 2.75) is 0 Å². The molecule has 15 heavy (non-hydrogen) atoms. The first-order valence-corrected chi connectivity index (χ1v) is 4.47. The zero-order chi connectivity index (χ0) is 10.7. The Hall–Kier alpha value is -2.03. The Morgan fingerprint density at radius 1 is 1.13 bits per heavy atom. The molecule has 74 valence electrons. The van der Waals surface area contributed by atoms with E-state index in [-0.39, 0.29) is 0 Å². The predicted octanol–water partition coefficient (Wildman–Crippen LogP) is 2.70. The number of nitrogens with zero attached hydrogens (tertiary/aromatic N) is 1. The summed E-state index contributed by atoms with van der Waals surface area (Å²) in [5, 5.41) is 0. The highest BCUT2D eigenvalue weighted by Gasteiger charge is 2.00. The third-order valence-electron chi connectivity index (χ3n) is 2.08. The van der Waals surface area contributed by atoms with Crippen molar-refractivity contribution < 1.29 is 9.18 Å². The Kier molecular flexibility index (Phi) is 2.54. The molecule has 0 spiro atoms. The number of halogens is 1. The second kappa shape index (κ2) is 4.00. The molecular formula is C12H8FNO. The molecule has 2 rings (SSSR count). The molecule has 0 radical (unpaired) electrons. The minimum atomic E-state index is -0.524. The SMILES string of the molecule is O=Cc1cccc(-c2ccnc(F)c2)c1. The molecule has 0 aliphatic heterocycles. The van der Waals surface area contributed by atoms with Crippen LogP contribution in [0.3, 0.4) is 0 Å². The highest BCUT2D eigenvalue weighted by atomic mass is 19.1. The lowest BCUT2D eigenvalue weighted by molar-refractivity contribution is 0.112. The molecule has 2 nitrogen and oxygen atoms in total. The predicted molar refractivity (Wildman–Crippen MR) is 55.0 cm³/mol. The van der Waals surface area contributed by atoms with Crippen LogP contribution in [0.5, 0.6) is 0 Å². The van der Waals surface area contributed by atoms with Crippen molar-refractivity contribution >= 4 is 6.29 Å². The molecule has 0 saturated heterocycles. The van der Waals surface area contributed by atoms with Crippen molar-refractivity contribution in [2.75, 3.05) is 0 Å². The van der Waals surface area contributed by atoms with E-state index in [1.165, 1.54) is 12.3 Å². The first kappa shape index (κ1) is 9.52. The summed E-state index contributed by atoms with van der Waals surface area (Å²) in [6, 6.07) is 10.0. The van der Waals surface area contributed by atoms with E-state index in [0.717, 1.165) is 11.8 Å². The minimum absolute atomic E-state index is 0.524. The average Bonchev–Trinajstić information content (AvgIpc) is 2.29. The third kappa shape index (κ3) is 2.07. The van der Waals surface area contributed by atoms with Crippen LogP contribution in [0, 0.1) is 5.95 Å². The molecule has 0 atom stereocenters. The Morgan fingerprint density at radius 3 is 2.67 bits per heavy atom. The molecule has 0 amide bonds. The lowest BCUT2D eigenvalue weighted by atomic mass is 10.0. The van der Waals surface area contributed by atoms with Crippen LogP contribution in [0.2, 0.25) is 0 Å². The standard InChI is InChI=1S/C12H8FNO/c13-12-7-11(4-5-14-12)10-3-1-2-9(6-10)8-15/h1-8H. The number of hydrogen-bond donors (Lipinski definition) is 0. The van der Waals surface area contributed by atoms with Gasteiger partial charge >= 0.3 is 0 Å². The van der Waals surface area contributed by atoms with Gasteiger partial charge in [0.2, 0.25) is 5.95 Å². The van der Waals surface area contributed by atoms with E-state index in [2.05, 4.69) is 4.98 Å². The van der Waals surface area contributed by atoms with Crippen molar-refractivity contribution in [1.29, 1.82) is 0 Å². The van der Waals surface area contributed by atoms with Crippen LogP contribution in [0.25, 0.3) is 11.1 Å². The van der Waals surface area contributed by atoms with Crippen LogP contribution in [0.15, 0.2) is 42.6 Å². The number of carbonyl (C=O) groups excluding carboxylic acids is 1. The van der Waals surface area contributed by atoms with E-state index >= 15 is 0 Å². The van der Waals surface area contributed by atoms with E-state index in [1.807, 2.05) is 6.07 Å². The Balaban J connectivity index is 2.49. The molecule has 1 aromatic heterocycles. The monoisotopic (exact) mass is 201 g/mol. The highest BCUT2D eigenvalue weighted by molar-refractivity contribution is 5.78. The van der Waals surface area contributed by atoms with Gasteiger partial charge in [-0.25, -0.2) is 4.98 Å². The van der Waals surface area contributed by atoms with Gasteiger partial charge in [0.1, 0.15) is 6.29 Å². The van der Waals surface area contributed by atoms with Crippen molar-refractivity contribution in [3.63, 3.8) is 0 Å². The lowest BCUT2D eigenvalue weighted by Crippen LogP contribution is -1.85. The largest absolute Gasteiger partial charge is 0.298 e. The first-order chi connectivity index (χ1) is 7.29. The van der Waals surface area contributed by atoms with Gasteiger partial charge in [-0.15, -0.1) is 0 Å². The van der Waals surface area contributed by atoms with E-state index in [1.54, 1.807) is 24.3 Å². The fourth-order valence-electron chi connectivity index (χ4n) is 1.37. The van der Waals surface area contributed by atoms with Crippen LogP contribution in [0.1, 0.15) is 10.4 Å². The van der Waals surface area contributed by atoms with Crippen LogP contribution in [-0.4, -0.2) is 11.3 Å². The van der Waals surface area contributed by atoms with Crippen LogP contribution in [-0.2, 0) is 0 Å². The second-order valence-electron chi connectivity index (χ2n) is 3.11. The zero-order valence-corrected chi connectivity index (χ0v) is 7.85. The van der Waals surface area contributed by atoms with Gasteiger partial charge < -0.3 is 0 Å². The third-order valence-corrected chi connectivity index (χ3v) is 2.08. The summed E-state index contributed by atoms with van der Waals surface area (Å²) in [4.78, 5) is 14.0. The molecule has 0 bridgehead atoms. The number of rotatable bonds is 2. The summed E-state index contributed by atoms with van der Waals surface area (Å²) in [5.74, 6) is -0.524. The fraction of sp³-hybridized carbons (Fsp3) is 0. The number of carbonyl (C=O) groups is 1. The summed E-state index contributed by atoms with van der Waals surface area (Å²) in [7, 11) is 0. The molecule has 0 unspecified atom stereocenters. The molecular weight excluding hydrogens is 193 g/mol. The molecule has 0 saturated carbocycles. The van der Waals surface area contributed by atoms with Gasteiger partial charge in [0.25, 0.3) is 0 Å². The van der Waals surface area contributed by atoms with Crippen LogP contribution >= 0.6 is 0 Å². The van der Waals surface area contributed by atoms with E-state index < -0.39 is 5.95 Å². The quantitative estimate of drug-likeness (QED) is 0.552. The lowest BCUT2D eigenvalue weighted by Gasteiger charge is -2.01. The molecule has 1 heterocycles. The number of aldehydes is 1. The van der Waals surface area contributed by atoms with E-state index in [9.17, 15) is 9.18 Å². The molecule has 2 aromatic rings. The second-order valence-corrected chi connectivity index (χ2v) is 3.11. The van der Waals surface area contributed by atoms with Gasteiger partial charge in [-0.2, -0.15) is 4.39 Å². The van der Waals surface area contributed by atoms with Gasteiger partial charge in [-0.1, -0.05) is 18.2 Å². The summed E-state index contributed by atoms with van der Waals surface area (Å²) < 4.78 is 12.9. The molecule has 0 N–H and O–H groups in total. The smallest absolute Gasteiger partial charge is 0.213 e. The van der Waals surface area contributed by atoms with Gasteiger partial charge in [-0.3, -0.25) is 4.79 Å². The average molecular weight is 201 g/mol. The van der Waals surface area contributed by atoms with Crippen molar-refractivity contribution in [1.82, 2.24) is 4.98 Å². The van der Waals surface area contributed by atoms with Gasteiger partial charge in [0.05, 0.1) is 0 Å². The van der Waals surface area contributed by atoms with E-state index in [0.29, 0.717) is 11.1 Å². The normalized spacial score (nSPS) is 9.93. The molecule has 3 heteroatoms. The zero-order valence-electron chi connectivity index (χ0n) is 7.85. The van der Waals surface area contributed by atoms with E-state index in [4.69, 9.17) is 0 Å². The summed E-state index contributed by atoms with van der Waals surface area (Å²) in [6.45, 7) is 0. The molecule has 0 aliphatic carbocycles. The maximum atomic E-state index is 12.9. The molecule has 0 aliphatic rings. The van der Waals surface area contributed by atoms with Gasteiger partial charge in [0.15, 0.2) is 0 Å². The fourth-order valence-corrected chi connectivity index (χ4v) is 1.37. The highest BCUT2D eigenvalue weighted by Crippen LogP contribution is 2.19. The van der Waals surface area contributed by atoms with Gasteiger partial charge in [-0.05, 0) is 23.3 Å². The van der Waals surface area contributed by atoms with Crippen molar-refractivity contribution in [3.05, 3.63) is 54.1 Å². The molecule has 0 fully saturated rings. The number of benzene rings is 1. The topological polar surface area (TPSA) is 30.0 Å². The number of aromatic nitrogens is 1. The maximum absolute atomic E-state index is 12.9. The van der Waals surface area contributed by atoms with Crippen LogP contribution < -0.4 is 0 Å². The van der Waals surface area contributed by atoms with Crippen LogP contribution in [0.4, 0.5) is 4.39 Å². The molecule has 1 aromatic carbocycles. The Bertz CT molecular complexity index is 496. The summed E-state index contributed by atoms with van der Waals surface area (Å²) in [5.41, 5.74) is 2.09.